The number of likely N-dealkylation sites (N-methyl/N-ethyl adjacent to an activating group) is 1. The van der Waals surface area contributed by atoms with E-state index in [1.165, 1.54) is 25.8 Å². The van der Waals surface area contributed by atoms with Crippen molar-refractivity contribution in [3.05, 3.63) is 68.3 Å². The van der Waals surface area contributed by atoms with Gasteiger partial charge in [-0.1, -0.05) is 37.3 Å². The highest BCUT2D eigenvalue weighted by atomic mass is 127. The molecule has 1 unspecified atom stereocenters. The van der Waals surface area contributed by atoms with Crippen LogP contribution in [0.4, 0.5) is 0 Å². The molecule has 0 aliphatic heterocycles. The molecule has 0 spiro atoms. The first-order valence-corrected chi connectivity index (χ1v) is 8.23. The van der Waals surface area contributed by atoms with Crippen molar-refractivity contribution in [1.29, 1.82) is 0 Å². The molecule has 0 saturated heterocycles. The van der Waals surface area contributed by atoms with E-state index >= 15 is 0 Å². The second-order valence-electron chi connectivity index (χ2n) is 5.25. The van der Waals surface area contributed by atoms with Crippen LogP contribution in [0.3, 0.4) is 0 Å². The van der Waals surface area contributed by atoms with E-state index in [2.05, 4.69) is 91.1 Å². The molecule has 106 valence electrons. The quantitative estimate of drug-likeness (QED) is 0.736. The van der Waals surface area contributed by atoms with E-state index in [1.807, 2.05) is 0 Å². The van der Waals surface area contributed by atoms with Gasteiger partial charge in [0.15, 0.2) is 0 Å². The standard InChI is InChI=1S/C18H22IN/c1-4-20-17(12-15-8-10-16(19)11-9-15)18-13(2)6-5-7-14(18)3/h5-11,17,20H,4,12H2,1-3H3. The molecule has 2 rings (SSSR count). The molecule has 20 heavy (non-hydrogen) atoms. The average molecular weight is 379 g/mol. The lowest BCUT2D eigenvalue weighted by Gasteiger charge is -2.22. The highest BCUT2D eigenvalue weighted by molar-refractivity contribution is 14.1. The minimum absolute atomic E-state index is 0.390. The Bertz CT molecular complexity index is 540. The summed E-state index contributed by atoms with van der Waals surface area (Å²) in [6, 6.07) is 15.8. The average Bonchev–Trinajstić information content (AvgIpc) is 2.41. The van der Waals surface area contributed by atoms with E-state index in [1.54, 1.807) is 0 Å². The van der Waals surface area contributed by atoms with E-state index in [9.17, 15) is 0 Å². The Morgan fingerprint density at radius 1 is 1.00 bits per heavy atom. The second kappa shape index (κ2) is 7.23. The fourth-order valence-corrected chi connectivity index (χ4v) is 3.12. The van der Waals surface area contributed by atoms with Crippen LogP contribution in [0, 0.1) is 17.4 Å². The lowest BCUT2D eigenvalue weighted by atomic mass is 9.92. The van der Waals surface area contributed by atoms with Gasteiger partial charge in [-0.3, -0.25) is 0 Å². The molecule has 1 nitrogen and oxygen atoms in total. The largest absolute Gasteiger partial charge is 0.310 e. The van der Waals surface area contributed by atoms with Gasteiger partial charge in [0, 0.05) is 9.61 Å². The summed E-state index contributed by atoms with van der Waals surface area (Å²) in [6.45, 7) is 7.58. The molecule has 1 atom stereocenters. The van der Waals surface area contributed by atoms with Gasteiger partial charge < -0.3 is 5.32 Å². The van der Waals surface area contributed by atoms with Crippen molar-refractivity contribution >= 4 is 22.6 Å². The number of rotatable bonds is 5. The van der Waals surface area contributed by atoms with Crippen LogP contribution in [-0.2, 0) is 6.42 Å². The van der Waals surface area contributed by atoms with Crippen molar-refractivity contribution < 1.29 is 0 Å². The van der Waals surface area contributed by atoms with Gasteiger partial charge in [-0.15, -0.1) is 0 Å². The predicted octanol–water partition coefficient (Wildman–Crippen LogP) is 4.80. The SMILES string of the molecule is CCNC(Cc1ccc(I)cc1)c1c(C)cccc1C. The topological polar surface area (TPSA) is 12.0 Å². The summed E-state index contributed by atoms with van der Waals surface area (Å²) in [4.78, 5) is 0. The van der Waals surface area contributed by atoms with E-state index in [0.29, 0.717) is 6.04 Å². The summed E-state index contributed by atoms with van der Waals surface area (Å²) >= 11 is 2.35. The highest BCUT2D eigenvalue weighted by Crippen LogP contribution is 2.25. The highest BCUT2D eigenvalue weighted by Gasteiger charge is 2.15. The van der Waals surface area contributed by atoms with Gasteiger partial charge in [0.05, 0.1) is 0 Å². The van der Waals surface area contributed by atoms with Crippen molar-refractivity contribution in [3.8, 4) is 0 Å². The van der Waals surface area contributed by atoms with Crippen LogP contribution in [0.25, 0.3) is 0 Å². The Morgan fingerprint density at radius 3 is 2.15 bits per heavy atom. The van der Waals surface area contributed by atoms with Crippen molar-refractivity contribution in [2.24, 2.45) is 0 Å². The smallest absolute Gasteiger partial charge is 0.0366 e. The molecule has 0 heterocycles. The molecular formula is C18H22IN. The molecule has 0 amide bonds. The van der Waals surface area contributed by atoms with Crippen LogP contribution >= 0.6 is 22.6 Å². The Labute approximate surface area is 135 Å². The maximum atomic E-state index is 3.64. The third kappa shape index (κ3) is 3.83. The van der Waals surface area contributed by atoms with Crippen molar-refractivity contribution in [2.45, 2.75) is 33.2 Å². The van der Waals surface area contributed by atoms with Gasteiger partial charge in [-0.25, -0.2) is 0 Å². The normalized spacial score (nSPS) is 12.4. The Balaban J connectivity index is 2.29. The van der Waals surface area contributed by atoms with E-state index in [0.717, 1.165) is 13.0 Å². The number of hydrogen-bond donors (Lipinski definition) is 1. The molecule has 0 aromatic heterocycles. The molecule has 2 heteroatoms. The fraction of sp³-hybridized carbons (Fsp3) is 0.333. The van der Waals surface area contributed by atoms with Crippen molar-refractivity contribution in [1.82, 2.24) is 5.32 Å². The molecule has 0 aliphatic carbocycles. The molecule has 0 fully saturated rings. The second-order valence-corrected chi connectivity index (χ2v) is 6.49. The third-order valence-electron chi connectivity index (χ3n) is 3.69. The number of benzene rings is 2. The van der Waals surface area contributed by atoms with E-state index in [4.69, 9.17) is 0 Å². The zero-order chi connectivity index (χ0) is 14.5. The molecular weight excluding hydrogens is 357 g/mol. The number of nitrogens with one attached hydrogen (secondary N) is 1. The summed E-state index contributed by atoms with van der Waals surface area (Å²) in [7, 11) is 0. The summed E-state index contributed by atoms with van der Waals surface area (Å²) in [5, 5.41) is 3.64. The van der Waals surface area contributed by atoms with Crippen LogP contribution < -0.4 is 5.32 Å². The van der Waals surface area contributed by atoms with Gasteiger partial charge in [0.2, 0.25) is 0 Å². The first-order valence-electron chi connectivity index (χ1n) is 7.15. The molecule has 1 N–H and O–H groups in total. The maximum absolute atomic E-state index is 3.64. The lowest BCUT2D eigenvalue weighted by Crippen LogP contribution is -2.24. The number of aryl methyl sites for hydroxylation is 2. The molecule has 2 aromatic carbocycles. The Kier molecular flexibility index (Phi) is 5.61. The summed E-state index contributed by atoms with van der Waals surface area (Å²) in [5.41, 5.74) is 5.59. The lowest BCUT2D eigenvalue weighted by molar-refractivity contribution is 0.545. The van der Waals surface area contributed by atoms with E-state index in [-0.39, 0.29) is 0 Å². The van der Waals surface area contributed by atoms with Crippen LogP contribution in [0.1, 0.15) is 35.2 Å². The Morgan fingerprint density at radius 2 is 1.60 bits per heavy atom. The minimum atomic E-state index is 0.390. The van der Waals surface area contributed by atoms with Crippen molar-refractivity contribution in [3.63, 3.8) is 0 Å². The van der Waals surface area contributed by atoms with Gasteiger partial charge in [0.1, 0.15) is 0 Å². The first kappa shape index (κ1) is 15.5. The van der Waals surface area contributed by atoms with Gasteiger partial charge in [-0.05, 0) is 83.8 Å². The molecule has 0 radical (unpaired) electrons. The van der Waals surface area contributed by atoms with E-state index < -0.39 is 0 Å². The molecule has 0 saturated carbocycles. The van der Waals surface area contributed by atoms with Crippen LogP contribution in [0.2, 0.25) is 0 Å². The zero-order valence-electron chi connectivity index (χ0n) is 12.4. The minimum Gasteiger partial charge on any atom is -0.310 e. The first-order chi connectivity index (χ1) is 9.61. The zero-order valence-corrected chi connectivity index (χ0v) is 14.6. The predicted molar refractivity (Wildman–Crippen MR) is 95.2 cm³/mol. The fourth-order valence-electron chi connectivity index (χ4n) is 2.76. The molecule has 0 aliphatic rings. The molecule has 2 aromatic rings. The Hall–Kier alpha value is -0.870. The van der Waals surface area contributed by atoms with Gasteiger partial charge in [-0.2, -0.15) is 0 Å². The molecule has 0 bridgehead atoms. The third-order valence-corrected chi connectivity index (χ3v) is 4.41. The maximum Gasteiger partial charge on any atom is 0.0366 e. The summed E-state index contributed by atoms with van der Waals surface area (Å²) in [5.74, 6) is 0. The number of hydrogen-bond acceptors (Lipinski definition) is 1. The van der Waals surface area contributed by atoms with Gasteiger partial charge >= 0.3 is 0 Å². The van der Waals surface area contributed by atoms with Crippen LogP contribution in [0.5, 0.6) is 0 Å². The monoisotopic (exact) mass is 379 g/mol. The van der Waals surface area contributed by atoms with Gasteiger partial charge in [0.25, 0.3) is 0 Å². The van der Waals surface area contributed by atoms with Crippen LogP contribution in [0.15, 0.2) is 42.5 Å². The van der Waals surface area contributed by atoms with Crippen molar-refractivity contribution in [2.75, 3.05) is 6.54 Å². The summed E-state index contributed by atoms with van der Waals surface area (Å²) in [6.07, 6.45) is 1.04. The van der Waals surface area contributed by atoms with Crippen LogP contribution in [-0.4, -0.2) is 6.54 Å². The number of halogens is 1. The summed E-state index contributed by atoms with van der Waals surface area (Å²) < 4.78 is 1.29.